The van der Waals surface area contributed by atoms with Gasteiger partial charge < -0.3 is 5.32 Å². The Morgan fingerprint density at radius 3 is 2.12 bits per heavy atom. The van der Waals surface area contributed by atoms with Crippen molar-refractivity contribution < 1.29 is 14.6 Å². The van der Waals surface area contributed by atoms with Crippen molar-refractivity contribution in [1.82, 2.24) is 0 Å². The first-order valence-corrected chi connectivity index (χ1v) is 7.16. The molecule has 0 aliphatic rings. The van der Waals surface area contributed by atoms with E-state index in [2.05, 4.69) is 5.32 Å². The van der Waals surface area contributed by atoms with Gasteiger partial charge in [0.25, 0.3) is 11.4 Å². The molecule has 0 unspecified atom stereocenters. The van der Waals surface area contributed by atoms with E-state index >= 15 is 0 Å². The third-order valence-electron chi connectivity index (χ3n) is 3.42. The molecule has 124 valence electrons. The lowest BCUT2D eigenvalue weighted by Crippen LogP contribution is -2.19. The van der Waals surface area contributed by atoms with Crippen molar-refractivity contribution in [3.05, 3.63) is 73.3 Å². The molecule has 8 nitrogen and oxygen atoms in total. The van der Waals surface area contributed by atoms with Crippen LogP contribution >= 0.6 is 11.6 Å². The maximum Gasteiger partial charge on any atom is 0.271 e. The standard InChI is InChI=1S/C15H12ClN3O5/c1-9(10-2-4-11(5-3-10)18(21)22)15(20)17-14-8-12(19(23)24)6-7-13(14)16/h2-9H,1H3,(H,17,20)/t9-/m0/s1. The van der Waals surface area contributed by atoms with Gasteiger partial charge in [0.1, 0.15) is 0 Å². The van der Waals surface area contributed by atoms with Crippen molar-refractivity contribution in [2.45, 2.75) is 12.8 Å². The Kier molecular flexibility index (Phi) is 5.10. The molecule has 0 aliphatic heterocycles. The van der Waals surface area contributed by atoms with E-state index in [9.17, 15) is 25.0 Å². The second-order valence-electron chi connectivity index (χ2n) is 4.98. The number of nitro groups is 2. The van der Waals surface area contributed by atoms with Gasteiger partial charge in [-0.05, 0) is 18.6 Å². The number of nitrogens with one attached hydrogen (secondary N) is 1. The van der Waals surface area contributed by atoms with E-state index in [0.29, 0.717) is 5.56 Å². The summed E-state index contributed by atoms with van der Waals surface area (Å²) in [5.74, 6) is -1.06. The third kappa shape index (κ3) is 3.85. The van der Waals surface area contributed by atoms with Crippen LogP contribution in [0.1, 0.15) is 18.4 Å². The van der Waals surface area contributed by atoms with Crippen LogP contribution in [0.25, 0.3) is 0 Å². The van der Waals surface area contributed by atoms with Gasteiger partial charge in [-0.1, -0.05) is 23.7 Å². The number of benzene rings is 2. The Morgan fingerprint density at radius 2 is 1.58 bits per heavy atom. The van der Waals surface area contributed by atoms with Crippen LogP contribution in [0.2, 0.25) is 5.02 Å². The number of non-ortho nitro benzene ring substituents is 2. The molecule has 2 aromatic carbocycles. The van der Waals surface area contributed by atoms with Gasteiger partial charge in [0, 0.05) is 24.3 Å². The van der Waals surface area contributed by atoms with Crippen molar-refractivity contribution in [1.29, 1.82) is 0 Å². The zero-order valence-electron chi connectivity index (χ0n) is 12.4. The Morgan fingerprint density at radius 1 is 1.04 bits per heavy atom. The van der Waals surface area contributed by atoms with Gasteiger partial charge in [-0.25, -0.2) is 0 Å². The molecular weight excluding hydrogens is 338 g/mol. The highest BCUT2D eigenvalue weighted by Gasteiger charge is 2.19. The maximum atomic E-state index is 12.3. The van der Waals surface area contributed by atoms with Gasteiger partial charge in [-0.2, -0.15) is 0 Å². The van der Waals surface area contributed by atoms with Crippen molar-refractivity contribution in [2.75, 3.05) is 5.32 Å². The predicted molar refractivity (Wildman–Crippen MR) is 88.2 cm³/mol. The SMILES string of the molecule is C[C@H](C(=O)Nc1cc([N+](=O)[O-])ccc1Cl)c1ccc([N+](=O)[O-])cc1. The average molecular weight is 350 g/mol. The molecule has 1 N–H and O–H groups in total. The summed E-state index contributed by atoms with van der Waals surface area (Å²) in [6.07, 6.45) is 0. The highest BCUT2D eigenvalue weighted by Crippen LogP contribution is 2.28. The Hall–Kier alpha value is -3.00. The van der Waals surface area contributed by atoms with Gasteiger partial charge in [-0.3, -0.25) is 25.0 Å². The van der Waals surface area contributed by atoms with E-state index in [1.807, 2.05) is 0 Å². The average Bonchev–Trinajstić information content (AvgIpc) is 2.55. The number of nitro benzene ring substituents is 2. The van der Waals surface area contributed by atoms with Crippen molar-refractivity contribution in [3.8, 4) is 0 Å². The number of hydrogen-bond donors (Lipinski definition) is 1. The second-order valence-corrected chi connectivity index (χ2v) is 5.39. The number of amides is 1. The van der Waals surface area contributed by atoms with Crippen LogP contribution in [-0.4, -0.2) is 15.8 Å². The van der Waals surface area contributed by atoms with Gasteiger partial charge in [0.15, 0.2) is 0 Å². The highest BCUT2D eigenvalue weighted by atomic mass is 35.5. The number of halogens is 1. The number of rotatable bonds is 5. The van der Waals surface area contributed by atoms with Crippen LogP contribution in [0.4, 0.5) is 17.1 Å². The lowest BCUT2D eigenvalue weighted by atomic mass is 10.00. The summed E-state index contributed by atoms with van der Waals surface area (Å²) in [4.78, 5) is 32.6. The van der Waals surface area contributed by atoms with Gasteiger partial charge in [-0.15, -0.1) is 0 Å². The third-order valence-corrected chi connectivity index (χ3v) is 3.75. The lowest BCUT2D eigenvalue weighted by Gasteiger charge is -2.13. The zero-order valence-corrected chi connectivity index (χ0v) is 13.2. The minimum absolute atomic E-state index is 0.0758. The zero-order chi connectivity index (χ0) is 17.9. The molecule has 2 aromatic rings. The van der Waals surface area contributed by atoms with Crippen LogP contribution in [-0.2, 0) is 4.79 Å². The van der Waals surface area contributed by atoms with Gasteiger partial charge in [0.05, 0.1) is 26.5 Å². The molecule has 24 heavy (non-hydrogen) atoms. The van der Waals surface area contributed by atoms with Gasteiger partial charge >= 0.3 is 0 Å². The summed E-state index contributed by atoms with van der Waals surface area (Å²) in [7, 11) is 0. The quantitative estimate of drug-likeness (QED) is 0.649. The van der Waals surface area contributed by atoms with E-state index in [0.717, 1.165) is 0 Å². The topological polar surface area (TPSA) is 115 Å². The van der Waals surface area contributed by atoms with Crippen LogP contribution in [0, 0.1) is 20.2 Å². The first-order chi connectivity index (χ1) is 11.3. The van der Waals surface area contributed by atoms with E-state index in [4.69, 9.17) is 11.6 Å². The Bertz CT molecular complexity index is 807. The van der Waals surface area contributed by atoms with Gasteiger partial charge in [0.2, 0.25) is 5.91 Å². The summed E-state index contributed by atoms with van der Waals surface area (Å²) >= 11 is 5.94. The summed E-state index contributed by atoms with van der Waals surface area (Å²) in [6, 6.07) is 9.31. The number of carbonyl (C=O) groups is 1. The van der Waals surface area contributed by atoms with Crippen LogP contribution in [0.15, 0.2) is 42.5 Å². The number of hydrogen-bond acceptors (Lipinski definition) is 5. The molecule has 0 fully saturated rings. The summed E-state index contributed by atoms with van der Waals surface area (Å²) in [5.41, 5.74) is 0.426. The first kappa shape index (κ1) is 17.4. The van der Waals surface area contributed by atoms with Crippen molar-refractivity contribution >= 4 is 34.6 Å². The van der Waals surface area contributed by atoms with Crippen LogP contribution in [0.3, 0.4) is 0 Å². The minimum Gasteiger partial charge on any atom is -0.324 e. The van der Waals surface area contributed by atoms with E-state index in [1.54, 1.807) is 6.92 Å². The van der Waals surface area contributed by atoms with Crippen LogP contribution in [0.5, 0.6) is 0 Å². The van der Waals surface area contributed by atoms with Crippen molar-refractivity contribution in [3.63, 3.8) is 0 Å². The Labute approximate surface area is 141 Å². The molecule has 1 atom stereocenters. The lowest BCUT2D eigenvalue weighted by molar-refractivity contribution is -0.385. The molecule has 0 aliphatic carbocycles. The normalized spacial score (nSPS) is 11.6. The molecule has 1 amide bonds. The molecule has 0 aromatic heterocycles. The molecule has 0 heterocycles. The minimum atomic E-state index is -0.624. The fourth-order valence-corrected chi connectivity index (χ4v) is 2.16. The molecule has 0 bridgehead atoms. The molecule has 0 saturated carbocycles. The maximum absolute atomic E-state index is 12.3. The van der Waals surface area contributed by atoms with Crippen molar-refractivity contribution in [2.24, 2.45) is 0 Å². The van der Waals surface area contributed by atoms with Crippen LogP contribution < -0.4 is 5.32 Å². The number of anilines is 1. The highest BCUT2D eigenvalue weighted by molar-refractivity contribution is 6.33. The largest absolute Gasteiger partial charge is 0.324 e. The predicted octanol–water partition coefficient (Wildman–Crippen LogP) is 3.90. The summed E-state index contributed by atoms with van der Waals surface area (Å²) in [5, 5.41) is 24.1. The first-order valence-electron chi connectivity index (χ1n) is 6.78. The number of nitrogens with zero attached hydrogens (tertiary/aromatic N) is 2. The molecule has 0 spiro atoms. The summed E-state index contributed by atoms with van der Waals surface area (Å²) in [6.45, 7) is 1.61. The molecule has 0 saturated heterocycles. The smallest absolute Gasteiger partial charge is 0.271 e. The van der Waals surface area contributed by atoms with E-state index < -0.39 is 21.7 Å². The molecular formula is C15H12ClN3O5. The molecule has 0 radical (unpaired) electrons. The molecule has 9 heteroatoms. The summed E-state index contributed by atoms with van der Waals surface area (Å²) < 4.78 is 0. The van der Waals surface area contributed by atoms with E-state index in [1.165, 1.54) is 42.5 Å². The molecule has 2 rings (SSSR count). The Balaban J connectivity index is 2.18. The fourth-order valence-electron chi connectivity index (χ4n) is 2.00. The fraction of sp³-hybridized carbons (Fsp3) is 0.133. The monoisotopic (exact) mass is 349 g/mol. The second kappa shape index (κ2) is 7.05. The number of carbonyl (C=O) groups excluding carboxylic acids is 1. The van der Waals surface area contributed by atoms with E-state index in [-0.39, 0.29) is 22.1 Å².